The van der Waals surface area contributed by atoms with E-state index in [1.807, 2.05) is 18.9 Å². The normalized spacial score (nSPS) is 15.3. The van der Waals surface area contributed by atoms with Gasteiger partial charge in [-0.05, 0) is 36.7 Å². The van der Waals surface area contributed by atoms with Crippen LogP contribution in [-0.2, 0) is 14.6 Å². The van der Waals surface area contributed by atoms with Crippen molar-refractivity contribution in [2.75, 3.05) is 43.2 Å². The Labute approximate surface area is 130 Å². The van der Waals surface area contributed by atoms with E-state index in [1.165, 1.54) is 12.8 Å². The number of likely N-dealkylation sites (N-methyl/N-ethyl adjacent to an activating group) is 1. The lowest BCUT2D eigenvalue weighted by atomic mass is 10.5. The number of rotatable bonds is 9. The van der Waals surface area contributed by atoms with Crippen molar-refractivity contribution in [2.45, 2.75) is 31.1 Å². The Hall–Kier alpha value is -0.860. The second-order valence-corrected chi connectivity index (χ2v) is 8.26. The number of aromatic nitrogens is 1. The van der Waals surface area contributed by atoms with Crippen LogP contribution in [0.4, 0.5) is 10.8 Å². The Morgan fingerprint density at radius 3 is 2.81 bits per heavy atom. The molecule has 0 saturated heterocycles. The molecule has 21 heavy (non-hydrogen) atoms. The van der Waals surface area contributed by atoms with Crippen LogP contribution < -0.4 is 10.6 Å². The first-order chi connectivity index (χ1) is 9.95. The number of nitrogens with zero attached hydrogens (tertiary/aromatic N) is 2. The fourth-order valence-corrected chi connectivity index (χ4v) is 4.80. The predicted molar refractivity (Wildman–Crippen MR) is 85.7 cm³/mol. The van der Waals surface area contributed by atoms with Gasteiger partial charge < -0.3 is 15.4 Å². The summed E-state index contributed by atoms with van der Waals surface area (Å²) in [7, 11) is -1.52. The summed E-state index contributed by atoms with van der Waals surface area (Å²) in [4.78, 5) is 2.04. The van der Waals surface area contributed by atoms with Crippen LogP contribution >= 0.6 is 11.5 Å². The Bertz CT molecular complexity index is 567. The number of ether oxygens (including phenoxy) is 1. The third-order valence-corrected chi connectivity index (χ3v) is 6.49. The van der Waals surface area contributed by atoms with Gasteiger partial charge in [0.1, 0.15) is 9.90 Å². The first-order valence-electron chi connectivity index (χ1n) is 7.22. The smallest absolute Gasteiger partial charge is 0.185 e. The molecule has 1 fully saturated rings. The van der Waals surface area contributed by atoms with Crippen LogP contribution in [-0.4, -0.2) is 45.4 Å². The molecule has 0 radical (unpaired) electrons. The van der Waals surface area contributed by atoms with Crippen molar-refractivity contribution in [3.8, 4) is 0 Å². The second kappa shape index (κ2) is 6.93. The van der Waals surface area contributed by atoms with Crippen LogP contribution in [0.2, 0.25) is 0 Å². The van der Waals surface area contributed by atoms with Gasteiger partial charge in [-0.25, -0.2) is 8.42 Å². The fraction of sp³-hybridized carbons (Fsp3) is 0.769. The third-order valence-electron chi connectivity index (χ3n) is 3.41. The highest BCUT2D eigenvalue weighted by molar-refractivity contribution is 7.91. The van der Waals surface area contributed by atoms with Gasteiger partial charge in [-0.3, -0.25) is 0 Å². The largest absolute Gasteiger partial charge is 0.382 e. The number of hydrogen-bond acceptors (Lipinski definition) is 7. The van der Waals surface area contributed by atoms with Gasteiger partial charge in [-0.1, -0.05) is 6.92 Å². The lowest BCUT2D eigenvalue weighted by Crippen LogP contribution is -2.24. The number of sulfone groups is 1. The number of nitrogen functional groups attached to an aromatic ring is 1. The highest BCUT2D eigenvalue weighted by Gasteiger charge is 2.27. The van der Waals surface area contributed by atoms with E-state index in [4.69, 9.17) is 10.5 Å². The van der Waals surface area contributed by atoms with Crippen LogP contribution in [0.1, 0.15) is 26.2 Å². The quantitative estimate of drug-likeness (QED) is 0.693. The monoisotopic (exact) mass is 333 g/mol. The van der Waals surface area contributed by atoms with Gasteiger partial charge in [0.15, 0.2) is 15.7 Å². The zero-order valence-corrected chi connectivity index (χ0v) is 14.2. The molecule has 0 aromatic carbocycles. The minimum absolute atomic E-state index is 0.0919. The molecule has 1 aromatic rings. The maximum atomic E-state index is 12.3. The SMILES string of the molecule is CCCS(=O)(=O)c1c(N)nsc1N(C)CCOCC1CC1. The number of hydrogen-bond donors (Lipinski definition) is 1. The van der Waals surface area contributed by atoms with Crippen molar-refractivity contribution in [3.05, 3.63) is 0 Å². The molecular weight excluding hydrogens is 310 g/mol. The van der Waals surface area contributed by atoms with Gasteiger partial charge in [-0.2, -0.15) is 4.37 Å². The summed E-state index contributed by atoms with van der Waals surface area (Å²) >= 11 is 1.13. The second-order valence-electron chi connectivity index (χ2n) is 5.46. The zero-order valence-electron chi connectivity index (χ0n) is 12.5. The summed E-state index contributed by atoms with van der Waals surface area (Å²) < 4.78 is 34.2. The Kier molecular flexibility index (Phi) is 5.45. The van der Waals surface area contributed by atoms with Crippen LogP contribution in [0, 0.1) is 5.92 Å². The number of nitrogens with two attached hydrogens (primary N) is 1. The summed E-state index contributed by atoms with van der Waals surface area (Å²) in [5.41, 5.74) is 5.76. The fourth-order valence-electron chi connectivity index (χ4n) is 2.03. The average Bonchev–Trinajstić information content (AvgIpc) is 3.15. The molecule has 2 N–H and O–H groups in total. The first kappa shape index (κ1) is 16.5. The zero-order chi connectivity index (χ0) is 15.5. The summed E-state index contributed by atoms with van der Waals surface area (Å²) in [5.74, 6) is 0.929. The predicted octanol–water partition coefficient (Wildman–Crippen LogP) is 1.77. The minimum atomic E-state index is -3.37. The molecule has 1 aromatic heterocycles. The van der Waals surface area contributed by atoms with E-state index in [-0.39, 0.29) is 16.5 Å². The van der Waals surface area contributed by atoms with Gasteiger partial charge in [0, 0.05) is 20.2 Å². The van der Waals surface area contributed by atoms with Gasteiger partial charge in [0.05, 0.1) is 12.4 Å². The molecule has 0 unspecified atom stereocenters. The summed E-state index contributed by atoms with van der Waals surface area (Å²) in [6.07, 6.45) is 3.09. The summed E-state index contributed by atoms with van der Waals surface area (Å²) in [5, 5.41) is 0.607. The molecule has 6 nitrogen and oxygen atoms in total. The van der Waals surface area contributed by atoms with Crippen LogP contribution in [0.25, 0.3) is 0 Å². The lowest BCUT2D eigenvalue weighted by Gasteiger charge is -2.18. The van der Waals surface area contributed by atoms with Gasteiger partial charge in [-0.15, -0.1) is 0 Å². The maximum Gasteiger partial charge on any atom is 0.185 e. The highest BCUT2D eigenvalue weighted by Crippen LogP contribution is 2.35. The van der Waals surface area contributed by atoms with E-state index >= 15 is 0 Å². The van der Waals surface area contributed by atoms with E-state index in [0.29, 0.717) is 24.6 Å². The van der Waals surface area contributed by atoms with Crippen LogP contribution in [0.15, 0.2) is 4.90 Å². The van der Waals surface area contributed by atoms with Crippen molar-refractivity contribution < 1.29 is 13.2 Å². The van der Waals surface area contributed by atoms with Gasteiger partial charge >= 0.3 is 0 Å². The molecule has 0 bridgehead atoms. The Morgan fingerprint density at radius 1 is 1.48 bits per heavy atom. The molecule has 1 saturated carbocycles. The van der Waals surface area contributed by atoms with Crippen LogP contribution in [0.3, 0.4) is 0 Å². The average molecular weight is 333 g/mol. The lowest BCUT2D eigenvalue weighted by molar-refractivity contribution is 0.131. The van der Waals surface area contributed by atoms with E-state index in [0.717, 1.165) is 24.1 Å². The summed E-state index contributed by atoms with van der Waals surface area (Å²) in [6, 6.07) is 0. The molecule has 120 valence electrons. The van der Waals surface area contributed by atoms with E-state index in [2.05, 4.69) is 4.37 Å². The highest BCUT2D eigenvalue weighted by atomic mass is 32.2. The molecule has 0 amide bonds. The van der Waals surface area contributed by atoms with E-state index < -0.39 is 9.84 Å². The van der Waals surface area contributed by atoms with Crippen LogP contribution in [0.5, 0.6) is 0 Å². The van der Waals surface area contributed by atoms with E-state index in [9.17, 15) is 8.42 Å². The Balaban J connectivity index is 2.01. The molecule has 0 atom stereocenters. The molecule has 0 spiro atoms. The molecule has 1 heterocycles. The van der Waals surface area contributed by atoms with Crippen molar-refractivity contribution in [3.63, 3.8) is 0 Å². The standard InChI is InChI=1S/C13H23N3O3S2/c1-3-8-21(17,18)11-12(14)15-20-13(11)16(2)6-7-19-9-10-4-5-10/h10H,3-9H2,1-2H3,(H2,14,15). The summed E-state index contributed by atoms with van der Waals surface area (Å²) in [6.45, 7) is 3.85. The van der Waals surface area contributed by atoms with Gasteiger partial charge in [0.25, 0.3) is 0 Å². The maximum absolute atomic E-state index is 12.3. The minimum Gasteiger partial charge on any atom is -0.382 e. The Morgan fingerprint density at radius 2 is 2.19 bits per heavy atom. The molecule has 1 aliphatic carbocycles. The van der Waals surface area contributed by atoms with Crippen molar-refractivity contribution in [1.82, 2.24) is 4.37 Å². The van der Waals surface area contributed by atoms with Crippen molar-refractivity contribution in [2.24, 2.45) is 5.92 Å². The number of anilines is 2. The topological polar surface area (TPSA) is 85.5 Å². The first-order valence-corrected chi connectivity index (χ1v) is 9.65. The molecule has 8 heteroatoms. The van der Waals surface area contributed by atoms with Crippen molar-refractivity contribution >= 4 is 32.2 Å². The van der Waals surface area contributed by atoms with E-state index in [1.54, 1.807) is 0 Å². The van der Waals surface area contributed by atoms with Gasteiger partial charge in [0.2, 0.25) is 0 Å². The molecular formula is C13H23N3O3S2. The van der Waals surface area contributed by atoms with Crippen molar-refractivity contribution in [1.29, 1.82) is 0 Å². The molecule has 2 rings (SSSR count). The third kappa shape index (κ3) is 4.31. The molecule has 1 aliphatic rings. The molecule has 0 aliphatic heterocycles.